The van der Waals surface area contributed by atoms with Gasteiger partial charge in [0.05, 0.1) is 0 Å². The first-order valence-corrected chi connectivity index (χ1v) is 8.43. The van der Waals surface area contributed by atoms with Crippen molar-refractivity contribution in [1.82, 2.24) is 15.5 Å². The molecule has 0 aromatic carbocycles. The summed E-state index contributed by atoms with van der Waals surface area (Å²) in [5.41, 5.74) is 0. The van der Waals surface area contributed by atoms with Crippen molar-refractivity contribution in [1.29, 1.82) is 0 Å². The van der Waals surface area contributed by atoms with Gasteiger partial charge in [-0.1, -0.05) is 0 Å². The zero-order valence-corrected chi connectivity index (χ0v) is 14.8. The molecule has 1 rings (SSSR count). The molecule has 1 aliphatic heterocycles. The van der Waals surface area contributed by atoms with E-state index in [0.717, 1.165) is 58.2 Å². The monoisotopic (exact) mass is 328 g/mol. The van der Waals surface area contributed by atoms with Crippen LogP contribution in [0.1, 0.15) is 25.7 Å². The van der Waals surface area contributed by atoms with E-state index in [9.17, 15) is 4.79 Å². The Morgan fingerprint density at radius 3 is 2.61 bits per heavy atom. The van der Waals surface area contributed by atoms with Gasteiger partial charge in [0.25, 0.3) is 0 Å². The lowest BCUT2D eigenvalue weighted by molar-refractivity contribution is -0.128. The number of carbonyl (C=O) groups is 1. The molecule has 1 fully saturated rings. The molecule has 1 amide bonds. The third-order valence-electron chi connectivity index (χ3n) is 3.81. The molecule has 0 atom stereocenters. The van der Waals surface area contributed by atoms with Crippen LogP contribution in [0.2, 0.25) is 0 Å². The minimum Gasteiger partial charge on any atom is -0.381 e. The average molecular weight is 328 g/mol. The molecule has 7 heteroatoms. The van der Waals surface area contributed by atoms with Gasteiger partial charge in [-0.15, -0.1) is 0 Å². The summed E-state index contributed by atoms with van der Waals surface area (Å²) < 4.78 is 11.1. The van der Waals surface area contributed by atoms with Crippen LogP contribution in [0.4, 0.5) is 0 Å². The third kappa shape index (κ3) is 9.40. The maximum Gasteiger partial charge on any atom is 0.223 e. The van der Waals surface area contributed by atoms with Gasteiger partial charge in [0.1, 0.15) is 0 Å². The number of rotatable bonds is 9. The Balaban J connectivity index is 1.98. The maximum atomic E-state index is 11.5. The van der Waals surface area contributed by atoms with Crippen LogP contribution < -0.4 is 10.6 Å². The molecular weight excluding hydrogens is 296 g/mol. The fourth-order valence-electron chi connectivity index (χ4n) is 2.28. The van der Waals surface area contributed by atoms with Crippen LogP contribution in [0, 0.1) is 5.92 Å². The topological polar surface area (TPSA) is 75.2 Å². The Labute approximate surface area is 139 Å². The molecule has 0 aliphatic carbocycles. The molecule has 1 saturated heterocycles. The van der Waals surface area contributed by atoms with E-state index in [4.69, 9.17) is 9.47 Å². The normalized spacial score (nSPS) is 16.2. The van der Waals surface area contributed by atoms with Crippen molar-refractivity contribution in [2.24, 2.45) is 10.9 Å². The van der Waals surface area contributed by atoms with Crippen LogP contribution in [0.3, 0.4) is 0 Å². The second kappa shape index (κ2) is 12.1. The molecule has 0 spiro atoms. The van der Waals surface area contributed by atoms with Crippen LogP contribution in [0.25, 0.3) is 0 Å². The summed E-state index contributed by atoms with van der Waals surface area (Å²) in [6, 6.07) is 0. The van der Waals surface area contributed by atoms with Crippen LogP contribution in [-0.4, -0.2) is 77.4 Å². The number of carbonyl (C=O) groups excluding carboxylic acids is 1. The number of nitrogens with zero attached hydrogens (tertiary/aromatic N) is 2. The lowest BCUT2D eigenvalue weighted by atomic mass is 10.0. The van der Waals surface area contributed by atoms with E-state index in [1.54, 1.807) is 26.0 Å². The molecule has 23 heavy (non-hydrogen) atoms. The van der Waals surface area contributed by atoms with Gasteiger partial charge < -0.3 is 25.0 Å². The lowest BCUT2D eigenvalue weighted by Crippen LogP contribution is -2.39. The summed E-state index contributed by atoms with van der Waals surface area (Å²) in [6.45, 7) is 4.71. The van der Waals surface area contributed by atoms with Crippen LogP contribution in [0.15, 0.2) is 4.99 Å². The van der Waals surface area contributed by atoms with Crippen molar-refractivity contribution in [2.45, 2.75) is 25.7 Å². The lowest BCUT2D eigenvalue weighted by Gasteiger charge is -2.21. The molecular formula is C16H32N4O3. The van der Waals surface area contributed by atoms with Gasteiger partial charge in [-0.2, -0.15) is 0 Å². The summed E-state index contributed by atoms with van der Waals surface area (Å²) in [4.78, 5) is 17.2. The molecule has 1 aliphatic rings. The minimum absolute atomic E-state index is 0.106. The zero-order valence-electron chi connectivity index (χ0n) is 14.8. The van der Waals surface area contributed by atoms with Crippen LogP contribution in [-0.2, 0) is 14.3 Å². The molecule has 7 nitrogen and oxygen atoms in total. The van der Waals surface area contributed by atoms with Crippen molar-refractivity contribution >= 4 is 11.9 Å². The smallest absolute Gasteiger partial charge is 0.223 e. The molecule has 0 aromatic heterocycles. The number of nitrogens with one attached hydrogen (secondary N) is 2. The van der Waals surface area contributed by atoms with Gasteiger partial charge in [-0.05, 0) is 25.2 Å². The van der Waals surface area contributed by atoms with E-state index in [-0.39, 0.29) is 5.91 Å². The number of guanidine groups is 1. The molecule has 0 unspecified atom stereocenters. The Morgan fingerprint density at radius 2 is 1.96 bits per heavy atom. The van der Waals surface area contributed by atoms with Gasteiger partial charge in [0.2, 0.25) is 5.91 Å². The van der Waals surface area contributed by atoms with E-state index in [1.165, 1.54) is 0 Å². The second-order valence-corrected chi connectivity index (χ2v) is 5.95. The van der Waals surface area contributed by atoms with Crippen molar-refractivity contribution in [2.75, 3.05) is 60.7 Å². The molecule has 0 aromatic rings. The predicted octanol–water partition coefficient (Wildman–Crippen LogP) is 0.463. The largest absolute Gasteiger partial charge is 0.381 e. The second-order valence-electron chi connectivity index (χ2n) is 5.95. The highest BCUT2D eigenvalue weighted by Crippen LogP contribution is 2.14. The van der Waals surface area contributed by atoms with Gasteiger partial charge in [0.15, 0.2) is 5.96 Å². The first-order valence-electron chi connectivity index (χ1n) is 8.43. The number of amides is 1. The summed E-state index contributed by atoms with van der Waals surface area (Å²) >= 11 is 0. The number of aliphatic imine (C=N–C) groups is 1. The molecule has 1 heterocycles. The Kier molecular flexibility index (Phi) is 10.4. The maximum absolute atomic E-state index is 11.5. The summed E-state index contributed by atoms with van der Waals surface area (Å²) in [6.07, 6.45) is 3.61. The summed E-state index contributed by atoms with van der Waals surface area (Å²) in [5, 5.41) is 6.36. The summed E-state index contributed by atoms with van der Waals surface area (Å²) in [7, 11) is 5.25. The van der Waals surface area contributed by atoms with E-state index in [2.05, 4.69) is 15.6 Å². The molecule has 2 N–H and O–H groups in total. The quantitative estimate of drug-likeness (QED) is 0.365. The van der Waals surface area contributed by atoms with Crippen LogP contribution in [0.5, 0.6) is 0 Å². The summed E-state index contributed by atoms with van der Waals surface area (Å²) in [5.74, 6) is 1.48. The fourth-order valence-corrected chi connectivity index (χ4v) is 2.28. The molecule has 134 valence electrons. The first kappa shape index (κ1) is 19.7. The van der Waals surface area contributed by atoms with Gasteiger partial charge in [-0.25, -0.2) is 0 Å². The van der Waals surface area contributed by atoms with Crippen molar-refractivity contribution in [3.8, 4) is 0 Å². The zero-order chi connectivity index (χ0) is 16.9. The number of hydrogen-bond acceptors (Lipinski definition) is 4. The minimum atomic E-state index is 0.106. The SMILES string of the molecule is CN=C(NCCCOCC1CCOCC1)NCCC(=O)N(C)C. The van der Waals surface area contributed by atoms with E-state index in [0.29, 0.717) is 18.9 Å². The highest BCUT2D eigenvalue weighted by molar-refractivity contribution is 5.81. The molecule has 0 bridgehead atoms. The van der Waals surface area contributed by atoms with Crippen molar-refractivity contribution in [3.63, 3.8) is 0 Å². The Hall–Kier alpha value is -1.34. The number of ether oxygens (including phenoxy) is 2. The van der Waals surface area contributed by atoms with Gasteiger partial charge in [0, 0.05) is 67.1 Å². The Morgan fingerprint density at radius 1 is 1.26 bits per heavy atom. The van der Waals surface area contributed by atoms with E-state index in [1.807, 2.05) is 0 Å². The van der Waals surface area contributed by atoms with Crippen molar-refractivity contribution < 1.29 is 14.3 Å². The first-order chi connectivity index (χ1) is 11.1. The Bertz CT molecular complexity index is 355. The van der Waals surface area contributed by atoms with E-state index >= 15 is 0 Å². The average Bonchev–Trinajstić information content (AvgIpc) is 2.56. The molecule has 0 radical (unpaired) electrons. The third-order valence-corrected chi connectivity index (χ3v) is 3.81. The standard InChI is InChI=1S/C16H32N4O3/c1-17-16(19-9-5-15(21)20(2)3)18-8-4-10-23-13-14-6-11-22-12-7-14/h14H,4-13H2,1-3H3,(H2,17,18,19). The fraction of sp³-hybridized carbons (Fsp3) is 0.875. The predicted molar refractivity (Wildman–Crippen MR) is 91.7 cm³/mol. The number of hydrogen-bond donors (Lipinski definition) is 2. The van der Waals surface area contributed by atoms with Gasteiger partial charge in [-0.3, -0.25) is 9.79 Å². The van der Waals surface area contributed by atoms with Crippen LogP contribution >= 0.6 is 0 Å². The highest BCUT2D eigenvalue weighted by atomic mass is 16.5. The highest BCUT2D eigenvalue weighted by Gasteiger charge is 2.13. The van der Waals surface area contributed by atoms with E-state index < -0.39 is 0 Å². The van der Waals surface area contributed by atoms with Crippen molar-refractivity contribution in [3.05, 3.63) is 0 Å². The molecule has 0 saturated carbocycles. The van der Waals surface area contributed by atoms with Gasteiger partial charge >= 0.3 is 0 Å².